The third kappa shape index (κ3) is 3.27. The van der Waals surface area contributed by atoms with Crippen LogP contribution in [-0.2, 0) is 0 Å². The number of benzene rings is 1. The van der Waals surface area contributed by atoms with E-state index >= 15 is 0 Å². The molecule has 0 fully saturated rings. The highest BCUT2D eigenvalue weighted by molar-refractivity contribution is 5.70. The van der Waals surface area contributed by atoms with Gasteiger partial charge in [-0.3, -0.25) is 0 Å². The van der Waals surface area contributed by atoms with E-state index in [1.807, 2.05) is 0 Å². The van der Waals surface area contributed by atoms with Gasteiger partial charge in [-0.05, 0) is 18.6 Å². The number of hydrogen-bond acceptors (Lipinski definition) is 3. The van der Waals surface area contributed by atoms with Crippen molar-refractivity contribution in [1.29, 1.82) is 0 Å². The van der Waals surface area contributed by atoms with E-state index in [0.29, 0.717) is 0 Å². The van der Waals surface area contributed by atoms with Crippen LogP contribution < -0.4 is 4.90 Å². The summed E-state index contributed by atoms with van der Waals surface area (Å²) in [4.78, 5) is 10.7. The molecule has 0 saturated carbocycles. The van der Waals surface area contributed by atoms with Gasteiger partial charge in [0.2, 0.25) is 0 Å². The molecule has 0 radical (unpaired) electrons. The molecule has 1 aromatic rings. The highest BCUT2D eigenvalue weighted by Crippen LogP contribution is 2.24. The summed E-state index contributed by atoms with van der Waals surface area (Å²) in [7, 11) is 0. The van der Waals surface area contributed by atoms with Crippen molar-refractivity contribution in [2.75, 3.05) is 18.0 Å². The zero-order valence-electron chi connectivity index (χ0n) is 9.04. The Morgan fingerprint density at radius 3 is 2.75 bits per heavy atom. The molecule has 0 atom stereocenters. The van der Waals surface area contributed by atoms with Crippen LogP contribution in [0.3, 0.4) is 0 Å². The van der Waals surface area contributed by atoms with E-state index in [4.69, 9.17) is 15.3 Å². The third-order valence-corrected chi connectivity index (χ3v) is 2.28. The summed E-state index contributed by atoms with van der Waals surface area (Å²) >= 11 is 0. The number of nitrogens with zero attached hydrogens (tertiary/aromatic N) is 2. The fourth-order valence-corrected chi connectivity index (χ4v) is 1.62. The van der Waals surface area contributed by atoms with Gasteiger partial charge in [-0.2, -0.15) is 0 Å². The van der Waals surface area contributed by atoms with Gasteiger partial charge in [-0.15, -0.1) is 10.1 Å². The van der Waals surface area contributed by atoms with Crippen LogP contribution in [0.4, 0.5) is 5.69 Å². The first-order valence-corrected chi connectivity index (χ1v) is 4.99. The van der Waals surface area contributed by atoms with Crippen LogP contribution in [0, 0.1) is 10.1 Å². The maximum Gasteiger partial charge on any atom is 0.291 e. The standard InChI is InChI=1S/C11H13N.HNO3/c1-2-12-9-5-7-10-6-3-4-8-11(10)12;2-1(3)4/h3-8H,2,9H2,1H3;(H,2,3,4). The molecule has 1 aliphatic heterocycles. The lowest BCUT2D eigenvalue weighted by molar-refractivity contribution is -0.742. The number of rotatable bonds is 1. The van der Waals surface area contributed by atoms with Gasteiger partial charge in [-0.1, -0.05) is 30.4 Å². The minimum atomic E-state index is -1.50. The Morgan fingerprint density at radius 1 is 1.50 bits per heavy atom. The molecule has 0 spiro atoms. The summed E-state index contributed by atoms with van der Waals surface area (Å²) < 4.78 is 0. The fraction of sp³-hybridized carbons (Fsp3) is 0.273. The maximum absolute atomic E-state index is 8.36. The lowest BCUT2D eigenvalue weighted by atomic mass is 10.1. The van der Waals surface area contributed by atoms with Crippen molar-refractivity contribution in [1.82, 2.24) is 0 Å². The molecule has 2 rings (SSSR count). The molecule has 0 bridgehead atoms. The summed E-state index contributed by atoms with van der Waals surface area (Å²) in [6, 6.07) is 8.53. The number of hydrogen-bond donors (Lipinski definition) is 1. The van der Waals surface area contributed by atoms with E-state index in [1.165, 1.54) is 11.3 Å². The van der Waals surface area contributed by atoms with Gasteiger partial charge in [0.25, 0.3) is 5.09 Å². The molecule has 86 valence electrons. The van der Waals surface area contributed by atoms with Crippen LogP contribution in [0.2, 0.25) is 0 Å². The molecule has 1 N–H and O–H groups in total. The van der Waals surface area contributed by atoms with Gasteiger partial charge in [-0.25, -0.2) is 0 Å². The molecule has 0 aromatic heterocycles. The first kappa shape index (κ1) is 12.0. The zero-order valence-corrected chi connectivity index (χ0v) is 9.04. The Hall–Kier alpha value is -2.04. The quantitative estimate of drug-likeness (QED) is 0.584. The molecule has 5 heteroatoms. The normalized spacial score (nSPS) is 12.4. The maximum atomic E-state index is 8.36. The summed E-state index contributed by atoms with van der Waals surface area (Å²) in [6.07, 6.45) is 4.41. The highest BCUT2D eigenvalue weighted by atomic mass is 16.9. The second kappa shape index (κ2) is 5.75. The summed E-state index contributed by atoms with van der Waals surface area (Å²) in [5.74, 6) is 0. The summed E-state index contributed by atoms with van der Waals surface area (Å²) in [5.41, 5.74) is 2.70. The van der Waals surface area contributed by atoms with Crippen LogP contribution in [0.25, 0.3) is 6.08 Å². The molecular weight excluding hydrogens is 208 g/mol. The van der Waals surface area contributed by atoms with E-state index in [1.54, 1.807) is 0 Å². The molecule has 0 aliphatic carbocycles. The molecule has 0 unspecified atom stereocenters. The molecule has 1 aromatic carbocycles. The van der Waals surface area contributed by atoms with Gasteiger partial charge in [0, 0.05) is 18.8 Å². The van der Waals surface area contributed by atoms with Gasteiger partial charge >= 0.3 is 0 Å². The second-order valence-corrected chi connectivity index (χ2v) is 3.24. The number of fused-ring (bicyclic) bond motifs is 1. The Balaban J connectivity index is 0.000000280. The largest absolute Gasteiger partial charge is 0.368 e. The van der Waals surface area contributed by atoms with Gasteiger partial charge < -0.3 is 10.1 Å². The Bertz CT molecular complexity index is 387. The highest BCUT2D eigenvalue weighted by Gasteiger charge is 2.08. The summed E-state index contributed by atoms with van der Waals surface area (Å²) in [6.45, 7) is 4.32. The van der Waals surface area contributed by atoms with E-state index in [2.05, 4.69) is 48.2 Å². The van der Waals surface area contributed by atoms with Crippen LogP contribution in [-0.4, -0.2) is 23.4 Å². The molecule has 0 saturated heterocycles. The second-order valence-electron chi connectivity index (χ2n) is 3.24. The molecular formula is C11H14N2O3. The first-order chi connectivity index (χ1) is 7.65. The van der Waals surface area contributed by atoms with Crippen molar-refractivity contribution in [2.24, 2.45) is 0 Å². The predicted molar refractivity (Wildman–Crippen MR) is 62.1 cm³/mol. The average molecular weight is 222 g/mol. The van der Waals surface area contributed by atoms with E-state index in [9.17, 15) is 0 Å². The Morgan fingerprint density at radius 2 is 2.12 bits per heavy atom. The lowest BCUT2D eigenvalue weighted by Crippen LogP contribution is -2.25. The lowest BCUT2D eigenvalue weighted by Gasteiger charge is -2.26. The molecule has 0 amide bonds. The van der Waals surface area contributed by atoms with Crippen molar-refractivity contribution in [3.8, 4) is 0 Å². The van der Waals surface area contributed by atoms with Crippen molar-refractivity contribution in [3.05, 3.63) is 46.0 Å². The van der Waals surface area contributed by atoms with Crippen LogP contribution in [0.5, 0.6) is 0 Å². The minimum absolute atomic E-state index is 1.05. The van der Waals surface area contributed by atoms with Crippen LogP contribution in [0.15, 0.2) is 30.3 Å². The fourth-order valence-electron chi connectivity index (χ4n) is 1.62. The number of anilines is 1. The minimum Gasteiger partial charge on any atom is -0.368 e. The monoisotopic (exact) mass is 222 g/mol. The molecule has 16 heavy (non-hydrogen) atoms. The Kier molecular flexibility index (Phi) is 4.32. The van der Waals surface area contributed by atoms with Crippen molar-refractivity contribution in [2.45, 2.75) is 6.92 Å². The Labute approximate surface area is 93.7 Å². The van der Waals surface area contributed by atoms with E-state index < -0.39 is 5.09 Å². The SMILES string of the molecule is CCN1CC=Cc2ccccc21.O=[N+]([O-])O. The zero-order chi connectivity index (χ0) is 12.0. The molecule has 5 nitrogen and oxygen atoms in total. The average Bonchev–Trinajstić information content (AvgIpc) is 2.27. The van der Waals surface area contributed by atoms with Gasteiger partial charge in [0.05, 0.1) is 0 Å². The van der Waals surface area contributed by atoms with Gasteiger partial charge in [0.15, 0.2) is 0 Å². The van der Waals surface area contributed by atoms with Crippen molar-refractivity contribution in [3.63, 3.8) is 0 Å². The molecule has 1 aliphatic rings. The predicted octanol–water partition coefficient (Wildman–Crippen LogP) is 2.19. The number of likely N-dealkylation sites (N-methyl/N-ethyl adjacent to an activating group) is 1. The van der Waals surface area contributed by atoms with Crippen LogP contribution >= 0.6 is 0 Å². The van der Waals surface area contributed by atoms with Crippen LogP contribution in [0.1, 0.15) is 12.5 Å². The summed E-state index contributed by atoms with van der Waals surface area (Å²) in [5, 5.41) is 13.6. The topological polar surface area (TPSA) is 66.6 Å². The first-order valence-electron chi connectivity index (χ1n) is 4.99. The van der Waals surface area contributed by atoms with E-state index in [-0.39, 0.29) is 0 Å². The smallest absolute Gasteiger partial charge is 0.291 e. The van der Waals surface area contributed by atoms with E-state index in [0.717, 1.165) is 13.1 Å². The van der Waals surface area contributed by atoms with Crippen molar-refractivity contribution >= 4 is 11.8 Å². The van der Waals surface area contributed by atoms with Gasteiger partial charge in [0.1, 0.15) is 0 Å². The van der Waals surface area contributed by atoms with Crippen molar-refractivity contribution < 1.29 is 10.3 Å². The number of para-hydroxylation sites is 1. The molecule has 1 heterocycles. The third-order valence-electron chi connectivity index (χ3n) is 2.28.